The summed E-state index contributed by atoms with van der Waals surface area (Å²) < 4.78 is 13.5. The van der Waals surface area contributed by atoms with Crippen LogP contribution in [0.2, 0.25) is 0 Å². The van der Waals surface area contributed by atoms with Crippen LogP contribution in [0.3, 0.4) is 0 Å². The molecule has 0 spiro atoms. The van der Waals surface area contributed by atoms with Crippen molar-refractivity contribution < 1.29 is 9.50 Å². The summed E-state index contributed by atoms with van der Waals surface area (Å²) in [5, 5.41) is 11.1. The summed E-state index contributed by atoms with van der Waals surface area (Å²) in [5.41, 5.74) is -0.280. The number of aromatic nitrogens is 2. The topological polar surface area (TPSA) is 49.2 Å². The molecule has 114 valence electrons. The fourth-order valence-electron chi connectivity index (χ4n) is 3.99. The maximum Gasteiger partial charge on any atom is 0.225 e. The highest BCUT2D eigenvalue weighted by atomic mass is 19.1. The Labute approximate surface area is 128 Å². The smallest absolute Gasteiger partial charge is 0.225 e. The Bertz CT molecular complexity index is 665. The summed E-state index contributed by atoms with van der Waals surface area (Å²) in [7, 11) is 0. The second kappa shape index (κ2) is 5.02. The molecular formula is C17H18FN3O. The first-order valence-electron chi connectivity index (χ1n) is 7.69. The van der Waals surface area contributed by atoms with Crippen molar-refractivity contribution in [1.82, 2.24) is 9.97 Å². The molecule has 2 unspecified atom stereocenters. The van der Waals surface area contributed by atoms with Crippen LogP contribution in [0.15, 0.2) is 42.7 Å². The van der Waals surface area contributed by atoms with Crippen molar-refractivity contribution in [3.8, 4) is 0 Å². The van der Waals surface area contributed by atoms with E-state index in [4.69, 9.17) is 0 Å². The second-order valence-corrected chi connectivity index (χ2v) is 6.29. The van der Waals surface area contributed by atoms with Crippen LogP contribution in [0.4, 0.5) is 10.3 Å². The molecule has 5 heteroatoms. The molecule has 2 aromatic rings. The summed E-state index contributed by atoms with van der Waals surface area (Å²) in [4.78, 5) is 10.9. The summed E-state index contributed by atoms with van der Waals surface area (Å²) >= 11 is 0. The fraction of sp³-hybridized carbons (Fsp3) is 0.412. The molecule has 2 bridgehead atoms. The molecule has 0 amide bonds. The summed E-state index contributed by atoms with van der Waals surface area (Å²) in [6.07, 6.45) is 6.70. The number of aliphatic hydroxyl groups is 1. The second-order valence-electron chi connectivity index (χ2n) is 6.29. The fourth-order valence-corrected chi connectivity index (χ4v) is 3.99. The zero-order chi connectivity index (χ0) is 15.2. The molecule has 1 aromatic heterocycles. The molecule has 0 radical (unpaired) electrons. The van der Waals surface area contributed by atoms with E-state index in [1.807, 2.05) is 6.07 Å². The maximum absolute atomic E-state index is 13.5. The van der Waals surface area contributed by atoms with Crippen LogP contribution >= 0.6 is 0 Å². The van der Waals surface area contributed by atoms with Crippen molar-refractivity contribution in [3.63, 3.8) is 0 Å². The van der Waals surface area contributed by atoms with Crippen molar-refractivity contribution >= 4 is 5.95 Å². The molecular weight excluding hydrogens is 281 g/mol. The first-order chi connectivity index (χ1) is 10.7. The standard InChI is InChI=1S/C17H18FN3O/c18-13-4-1-3-12(9-13)17(22)10-14-5-6-15(11-17)21(14)16-19-7-2-8-20-16/h1-4,7-9,14-15,22H,5-6,10-11H2. The number of halogens is 1. The lowest BCUT2D eigenvalue weighted by molar-refractivity contribution is -0.00362. The van der Waals surface area contributed by atoms with E-state index in [-0.39, 0.29) is 17.9 Å². The SMILES string of the molecule is OC1(c2cccc(F)c2)CC2CCC(C1)N2c1ncccn1. The first-order valence-corrected chi connectivity index (χ1v) is 7.69. The Morgan fingerprint density at radius 3 is 2.41 bits per heavy atom. The maximum atomic E-state index is 13.5. The lowest BCUT2D eigenvalue weighted by Crippen LogP contribution is -2.50. The predicted molar refractivity (Wildman–Crippen MR) is 80.9 cm³/mol. The third kappa shape index (κ3) is 2.16. The van der Waals surface area contributed by atoms with Crippen LogP contribution < -0.4 is 4.90 Å². The number of fused-ring (bicyclic) bond motifs is 2. The first kappa shape index (κ1) is 13.6. The van der Waals surface area contributed by atoms with E-state index < -0.39 is 5.60 Å². The normalized spacial score (nSPS) is 30.5. The van der Waals surface area contributed by atoms with Crippen LogP contribution in [0.5, 0.6) is 0 Å². The monoisotopic (exact) mass is 299 g/mol. The Hall–Kier alpha value is -2.01. The average Bonchev–Trinajstić information content (AvgIpc) is 2.81. The van der Waals surface area contributed by atoms with Gasteiger partial charge < -0.3 is 10.0 Å². The van der Waals surface area contributed by atoms with Gasteiger partial charge in [0.05, 0.1) is 5.60 Å². The van der Waals surface area contributed by atoms with Crippen molar-refractivity contribution in [3.05, 3.63) is 54.1 Å². The highest BCUT2D eigenvalue weighted by Gasteiger charge is 2.49. The zero-order valence-corrected chi connectivity index (χ0v) is 12.2. The van der Waals surface area contributed by atoms with Crippen LogP contribution in [-0.2, 0) is 5.60 Å². The third-order valence-corrected chi connectivity index (χ3v) is 4.91. The highest BCUT2D eigenvalue weighted by molar-refractivity contribution is 5.39. The lowest BCUT2D eigenvalue weighted by atomic mass is 9.80. The van der Waals surface area contributed by atoms with Crippen molar-refractivity contribution in [2.24, 2.45) is 0 Å². The summed E-state index contributed by atoms with van der Waals surface area (Å²) in [6.45, 7) is 0. The van der Waals surface area contributed by atoms with Crippen molar-refractivity contribution in [2.45, 2.75) is 43.4 Å². The molecule has 0 saturated carbocycles. The molecule has 1 N–H and O–H groups in total. The van der Waals surface area contributed by atoms with Gasteiger partial charge in [-0.05, 0) is 36.6 Å². The molecule has 2 saturated heterocycles. The van der Waals surface area contributed by atoms with Gasteiger partial charge in [-0.1, -0.05) is 12.1 Å². The molecule has 2 atom stereocenters. The van der Waals surface area contributed by atoms with Gasteiger partial charge in [-0.2, -0.15) is 0 Å². The molecule has 4 nitrogen and oxygen atoms in total. The van der Waals surface area contributed by atoms with E-state index in [1.54, 1.807) is 24.5 Å². The van der Waals surface area contributed by atoms with Crippen LogP contribution in [0.25, 0.3) is 0 Å². The number of nitrogens with zero attached hydrogens (tertiary/aromatic N) is 3. The molecule has 4 rings (SSSR count). The van der Waals surface area contributed by atoms with E-state index in [0.717, 1.165) is 18.8 Å². The van der Waals surface area contributed by atoms with Crippen LogP contribution in [-0.4, -0.2) is 27.2 Å². The number of piperidine rings is 1. The van der Waals surface area contributed by atoms with Gasteiger partial charge >= 0.3 is 0 Å². The molecule has 2 aliphatic heterocycles. The molecule has 0 aliphatic carbocycles. The van der Waals surface area contributed by atoms with Gasteiger partial charge in [-0.15, -0.1) is 0 Å². The van der Waals surface area contributed by atoms with Crippen LogP contribution in [0.1, 0.15) is 31.2 Å². The molecule has 22 heavy (non-hydrogen) atoms. The number of benzene rings is 1. The predicted octanol–water partition coefficient (Wildman–Crippen LogP) is 2.63. The minimum atomic E-state index is -0.959. The van der Waals surface area contributed by atoms with E-state index in [0.29, 0.717) is 18.4 Å². The zero-order valence-electron chi connectivity index (χ0n) is 12.2. The summed E-state index contributed by atoms with van der Waals surface area (Å²) in [5.74, 6) is 0.434. The Morgan fingerprint density at radius 1 is 1.09 bits per heavy atom. The minimum Gasteiger partial charge on any atom is -0.385 e. The Kier molecular flexibility index (Phi) is 3.11. The highest BCUT2D eigenvalue weighted by Crippen LogP contribution is 2.46. The molecule has 2 aliphatic rings. The minimum absolute atomic E-state index is 0.203. The van der Waals surface area contributed by atoms with Gasteiger partial charge in [0.1, 0.15) is 5.82 Å². The van der Waals surface area contributed by atoms with Crippen LogP contribution in [0, 0.1) is 5.82 Å². The summed E-state index contributed by atoms with van der Waals surface area (Å²) in [6, 6.07) is 8.55. The largest absolute Gasteiger partial charge is 0.385 e. The molecule has 3 heterocycles. The Morgan fingerprint density at radius 2 is 1.77 bits per heavy atom. The average molecular weight is 299 g/mol. The van der Waals surface area contributed by atoms with Gasteiger partial charge in [0.15, 0.2) is 0 Å². The van der Waals surface area contributed by atoms with E-state index in [9.17, 15) is 9.50 Å². The van der Waals surface area contributed by atoms with Gasteiger partial charge in [0.25, 0.3) is 0 Å². The Balaban J connectivity index is 1.65. The lowest BCUT2D eigenvalue weighted by Gasteiger charge is -2.44. The molecule has 1 aromatic carbocycles. The van der Waals surface area contributed by atoms with E-state index in [1.165, 1.54) is 12.1 Å². The van der Waals surface area contributed by atoms with Crippen molar-refractivity contribution in [1.29, 1.82) is 0 Å². The molecule has 2 fully saturated rings. The number of hydrogen-bond acceptors (Lipinski definition) is 4. The number of hydrogen-bond donors (Lipinski definition) is 1. The van der Waals surface area contributed by atoms with Gasteiger partial charge in [0, 0.05) is 37.3 Å². The van der Waals surface area contributed by atoms with E-state index in [2.05, 4.69) is 14.9 Å². The quantitative estimate of drug-likeness (QED) is 0.926. The number of anilines is 1. The number of rotatable bonds is 2. The van der Waals surface area contributed by atoms with Gasteiger partial charge in [-0.3, -0.25) is 0 Å². The van der Waals surface area contributed by atoms with Gasteiger partial charge in [-0.25, -0.2) is 14.4 Å². The van der Waals surface area contributed by atoms with Gasteiger partial charge in [0.2, 0.25) is 5.95 Å². The van der Waals surface area contributed by atoms with E-state index >= 15 is 0 Å². The third-order valence-electron chi connectivity index (χ3n) is 4.91. The van der Waals surface area contributed by atoms with Crippen molar-refractivity contribution in [2.75, 3.05) is 4.90 Å².